The SMILES string of the molecule is COC(=O)C1C(N2CSc3ccccc32)C=C(C)NC1(C)c1cccnc1. The van der Waals surface area contributed by atoms with E-state index in [1.165, 1.54) is 17.7 Å². The van der Waals surface area contributed by atoms with Gasteiger partial charge < -0.3 is 15.0 Å². The van der Waals surface area contributed by atoms with Gasteiger partial charge in [-0.05, 0) is 43.7 Å². The highest BCUT2D eigenvalue weighted by atomic mass is 32.2. The summed E-state index contributed by atoms with van der Waals surface area (Å²) < 4.78 is 5.26. The van der Waals surface area contributed by atoms with Crippen molar-refractivity contribution in [1.29, 1.82) is 0 Å². The number of methoxy groups -OCH3 is 1. The molecule has 4 rings (SSSR count). The van der Waals surface area contributed by atoms with Gasteiger partial charge in [0.05, 0.1) is 30.3 Å². The molecule has 1 N–H and O–H groups in total. The Kier molecular flexibility index (Phi) is 4.60. The molecular weight excluding hydrogens is 358 g/mol. The predicted molar refractivity (Wildman–Crippen MR) is 107 cm³/mol. The van der Waals surface area contributed by atoms with Crippen LogP contribution in [0, 0.1) is 5.92 Å². The molecule has 0 aliphatic carbocycles. The van der Waals surface area contributed by atoms with Crippen LogP contribution < -0.4 is 10.2 Å². The number of pyridine rings is 1. The number of benzene rings is 1. The number of para-hydroxylation sites is 1. The maximum Gasteiger partial charge on any atom is 0.313 e. The monoisotopic (exact) mass is 381 g/mol. The van der Waals surface area contributed by atoms with Crippen LogP contribution >= 0.6 is 11.8 Å². The Morgan fingerprint density at radius 1 is 1.33 bits per heavy atom. The van der Waals surface area contributed by atoms with Gasteiger partial charge in [0.25, 0.3) is 0 Å². The number of nitrogens with zero attached hydrogens (tertiary/aromatic N) is 2. The summed E-state index contributed by atoms with van der Waals surface area (Å²) in [6.45, 7) is 4.11. The number of anilines is 1. The highest BCUT2D eigenvalue weighted by molar-refractivity contribution is 7.99. The van der Waals surface area contributed by atoms with Gasteiger partial charge in [0.2, 0.25) is 0 Å². The molecule has 27 heavy (non-hydrogen) atoms. The summed E-state index contributed by atoms with van der Waals surface area (Å²) in [5, 5.41) is 3.54. The van der Waals surface area contributed by atoms with Crippen LogP contribution in [0.5, 0.6) is 0 Å². The largest absolute Gasteiger partial charge is 0.469 e. The van der Waals surface area contributed by atoms with Gasteiger partial charge in [-0.1, -0.05) is 18.2 Å². The van der Waals surface area contributed by atoms with Crippen LogP contribution in [0.25, 0.3) is 0 Å². The second-order valence-electron chi connectivity index (χ2n) is 7.12. The summed E-state index contributed by atoms with van der Waals surface area (Å²) >= 11 is 1.80. The number of nitrogens with one attached hydrogen (secondary N) is 1. The minimum Gasteiger partial charge on any atom is -0.469 e. The highest BCUT2D eigenvalue weighted by Crippen LogP contribution is 2.45. The summed E-state index contributed by atoms with van der Waals surface area (Å²) in [7, 11) is 1.46. The van der Waals surface area contributed by atoms with Gasteiger partial charge in [0.1, 0.15) is 5.92 Å². The van der Waals surface area contributed by atoms with Crippen LogP contribution in [0.2, 0.25) is 0 Å². The molecule has 2 aromatic rings. The summed E-state index contributed by atoms with van der Waals surface area (Å²) in [5.41, 5.74) is 2.56. The number of fused-ring (bicyclic) bond motifs is 1. The number of thioether (sulfide) groups is 1. The van der Waals surface area contributed by atoms with Crippen molar-refractivity contribution in [2.45, 2.75) is 30.3 Å². The molecule has 0 saturated carbocycles. The van der Waals surface area contributed by atoms with E-state index < -0.39 is 11.5 Å². The first-order valence-corrected chi connectivity index (χ1v) is 9.96. The first-order chi connectivity index (χ1) is 13.0. The predicted octanol–water partition coefficient (Wildman–Crippen LogP) is 3.53. The van der Waals surface area contributed by atoms with Gasteiger partial charge in [-0.15, -0.1) is 11.8 Å². The topological polar surface area (TPSA) is 54.5 Å². The van der Waals surface area contributed by atoms with Crippen molar-refractivity contribution in [1.82, 2.24) is 10.3 Å². The third-order valence-corrected chi connectivity index (χ3v) is 6.51. The van der Waals surface area contributed by atoms with Crippen molar-refractivity contribution in [3.63, 3.8) is 0 Å². The van der Waals surface area contributed by atoms with Crippen LogP contribution in [-0.2, 0) is 15.1 Å². The van der Waals surface area contributed by atoms with Gasteiger partial charge in [0.15, 0.2) is 0 Å². The van der Waals surface area contributed by atoms with E-state index in [2.05, 4.69) is 46.4 Å². The van der Waals surface area contributed by atoms with Gasteiger partial charge in [0, 0.05) is 23.0 Å². The first kappa shape index (κ1) is 17.9. The molecule has 0 amide bonds. The number of rotatable bonds is 3. The van der Waals surface area contributed by atoms with Crippen molar-refractivity contribution >= 4 is 23.4 Å². The Morgan fingerprint density at radius 2 is 2.15 bits per heavy atom. The summed E-state index contributed by atoms with van der Waals surface area (Å²) in [6.07, 6.45) is 5.71. The summed E-state index contributed by atoms with van der Waals surface area (Å²) in [5.74, 6) is 0.170. The van der Waals surface area contributed by atoms with Gasteiger partial charge in [-0.25, -0.2) is 0 Å². The summed E-state index contributed by atoms with van der Waals surface area (Å²) in [4.78, 5) is 20.8. The normalized spacial score (nSPS) is 26.8. The molecule has 0 spiro atoms. The van der Waals surface area contributed by atoms with Gasteiger partial charge in [-0.3, -0.25) is 9.78 Å². The Bertz CT molecular complexity index is 886. The quantitative estimate of drug-likeness (QED) is 0.821. The molecule has 2 aliphatic rings. The Hall–Kier alpha value is -2.47. The zero-order valence-electron chi connectivity index (χ0n) is 15.7. The second kappa shape index (κ2) is 6.93. The molecule has 3 atom stereocenters. The number of aromatic nitrogens is 1. The lowest BCUT2D eigenvalue weighted by molar-refractivity contribution is -0.149. The first-order valence-electron chi connectivity index (χ1n) is 8.98. The average molecular weight is 382 g/mol. The van der Waals surface area contributed by atoms with Crippen molar-refractivity contribution in [3.8, 4) is 0 Å². The standard InChI is InChI=1S/C21H23N3O2S/c1-14-11-17(24-13-27-18-9-5-4-8-16(18)24)19(20(25)26-3)21(2,23-14)15-7-6-10-22-12-15/h4-12,17,19,23H,13H2,1-3H3. The zero-order valence-corrected chi connectivity index (χ0v) is 16.5. The molecule has 3 unspecified atom stereocenters. The Morgan fingerprint density at radius 3 is 2.89 bits per heavy atom. The molecule has 0 saturated heterocycles. The lowest BCUT2D eigenvalue weighted by Crippen LogP contribution is -2.60. The fraction of sp³-hybridized carbons (Fsp3) is 0.333. The second-order valence-corrected chi connectivity index (χ2v) is 8.11. The molecule has 0 fully saturated rings. The van der Waals surface area contributed by atoms with E-state index in [4.69, 9.17) is 4.74 Å². The molecule has 1 aromatic carbocycles. The van der Waals surface area contributed by atoms with E-state index in [-0.39, 0.29) is 12.0 Å². The fourth-order valence-electron chi connectivity index (χ4n) is 4.19. The zero-order chi connectivity index (χ0) is 19.0. The minimum absolute atomic E-state index is 0.111. The summed E-state index contributed by atoms with van der Waals surface area (Å²) in [6, 6.07) is 12.2. The van der Waals surface area contributed by atoms with E-state index in [1.54, 1.807) is 18.0 Å². The number of allylic oxidation sites excluding steroid dienone is 1. The molecule has 5 nitrogen and oxygen atoms in total. The van der Waals surface area contributed by atoms with E-state index in [0.29, 0.717) is 0 Å². The Balaban J connectivity index is 1.83. The third-order valence-electron chi connectivity index (χ3n) is 5.45. The minimum atomic E-state index is -0.618. The number of ether oxygens (including phenoxy) is 1. The van der Waals surface area contributed by atoms with Crippen LogP contribution in [0.3, 0.4) is 0 Å². The molecule has 6 heteroatoms. The van der Waals surface area contributed by atoms with E-state index in [9.17, 15) is 4.79 Å². The van der Waals surface area contributed by atoms with Gasteiger partial charge >= 0.3 is 5.97 Å². The van der Waals surface area contributed by atoms with Crippen LogP contribution in [-0.4, -0.2) is 30.0 Å². The molecule has 0 bridgehead atoms. The maximum atomic E-state index is 13.0. The number of carbonyl (C=O) groups is 1. The van der Waals surface area contributed by atoms with E-state index >= 15 is 0 Å². The van der Waals surface area contributed by atoms with Gasteiger partial charge in [-0.2, -0.15) is 0 Å². The fourth-order valence-corrected chi connectivity index (χ4v) is 5.29. The molecule has 1 aromatic heterocycles. The number of carbonyl (C=O) groups excluding carboxylic acids is 1. The number of hydrogen-bond donors (Lipinski definition) is 1. The average Bonchev–Trinajstić information content (AvgIpc) is 3.11. The molecule has 0 radical (unpaired) electrons. The van der Waals surface area contributed by atoms with Crippen molar-refractivity contribution in [2.75, 3.05) is 17.9 Å². The number of esters is 1. The molecule has 3 heterocycles. The highest BCUT2D eigenvalue weighted by Gasteiger charge is 2.50. The lowest BCUT2D eigenvalue weighted by atomic mass is 9.73. The maximum absolute atomic E-state index is 13.0. The molecule has 140 valence electrons. The lowest BCUT2D eigenvalue weighted by Gasteiger charge is -2.47. The molecular formula is C21H23N3O2S. The van der Waals surface area contributed by atoms with E-state index in [0.717, 1.165) is 17.1 Å². The molecule has 2 aliphatic heterocycles. The van der Waals surface area contributed by atoms with Crippen molar-refractivity contribution < 1.29 is 9.53 Å². The number of hydrogen-bond acceptors (Lipinski definition) is 6. The smallest absolute Gasteiger partial charge is 0.313 e. The van der Waals surface area contributed by atoms with Crippen molar-refractivity contribution in [2.24, 2.45) is 5.92 Å². The van der Waals surface area contributed by atoms with Crippen molar-refractivity contribution in [3.05, 3.63) is 66.1 Å². The van der Waals surface area contributed by atoms with Crippen LogP contribution in [0.4, 0.5) is 5.69 Å². The van der Waals surface area contributed by atoms with E-state index in [1.807, 2.05) is 31.3 Å². The third kappa shape index (κ3) is 2.98. The Labute approximate surface area is 163 Å². The van der Waals surface area contributed by atoms with Crippen LogP contribution in [0.1, 0.15) is 19.4 Å². The van der Waals surface area contributed by atoms with Crippen LogP contribution in [0.15, 0.2) is 65.5 Å².